The van der Waals surface area contributed by atoms with Gasteiger partial charge in [-0.2, -0.15) is 0 Å². The third kappa shape index (κ3) is 1.43. The van der Waals surface area contributed by atoms with E-state index in [0.717, 1.165) is 19.4 Å². The molecule has 0 aromatic rings. The zero-order chi connectivity index (χ0) is 12.0. The summed E-state index contributed by atoms with van der Waals surface area (Å²) in [5, 5.41) is 0. The van der Waals surface area contributed by atoms with Gasteiger partial charge in [-0.05, 0) is 31.8 Å². The summed E-state index contributed by atoms with van der Waals surface area (Å²) in [5.41, 5.74) is 0. The molecular weight excluding hydrogens is 218 g/mol. The molecule has 3 rings (SSSR count). The van der Waals surface area contributed by atoms with E-state index in [1.54, 1.807) is 6.08 Å². The largest absolute Gasteiger partial charge is 0.466 e. The minimum absolute atomic E-state index is 0.0212. The molecule has 4 heteroatoms. The van der Waals surface area contributed by atoms with Crippen LogP contribution in [0.4, 0.5) is 0 Å². The zero-order valence-electron chi connectivity index (χ0n) is 9.96. The Morgan fingerprint density at radius 1 is 1.59 bits per heavy atom. The lowest BCUT2D eigenvalue weighted by Crippen LogP contribution is -2.66. The number of amides is 1. The predicted octanol–water partition coefficient (Wildman–Crippen LogP) is 0.972. The van der Waals surface area contributed by atoms with Crippen molar-refractivity contribution in [3.05, 3.63) is 12.2 Å². The normalized spacial score (nSPS) is 38.4. The molecule has 2 heterocycles. The number of carbonyl (C=O) groups is 2. The van der Waals surface area contributed by atoms with Crippen molar-refractivity contribution in [2.75, 3.05) is 13.2 Å². The maximum atomic E-state index is 11.9. The Hall–Kier alpha value is -1.32. The SMILES string of the molecule is CCOC(=O)[C@@H]1[C@@H]2CCCN3C(=O)C=C[C@H]1C23. The van der Waals surface area contributed by atoms with Crippen LogP contribution in [0.2, 0.25) is 0 Å². The van der Waals surface area contributed by atoms with Crippen molar-refractivity contribution in [2.24, 2.45) is 17.8 Å². The van der Waals surface area contributed by atoms with Crippen molar-refractivity contribution in [1.82, 2.24) is 4.90 Å². The molecule has 1 unspecified atom stereocenters. The first-order valence-electron chi connectivity index (χ1n) is 6.39. The van der Waals surface area contributed by atoms with Gasteiger partial charge >= 0.3 is 5.97 Å². The van der Waals surface area contributed by atoms with Crippen LogP contribution in [0, 0.1) is 17.8 Å². The Morgan fingerprint density at radius 3 is 3.18 bits per heavy atom. The summed E-state index contributed by atoms with van der Waals surface area (Å²) >= 11 is 0. The van der Waals surface area contributed by atoms with Crippen LogP contribution < -0.4 is 0 Å². The van der Waals surface area contributed by atoms with E-state index in [1.807, 2.05) is 17.9 Å². The van der Waals surface area contributed by atoms with Crippen molar-refractivity contribution < 1.29 is 14.3 Å². The molecule has 3 aliphatic rings. The summed E-state index contributed by atoms with van der Waals surface area (Å²) in [6, 6.07) is 0.260. The molecule has 0 aromatic heterocycles. The number of hydrogen-bond acceptors (Lipinski definition) is 3. The van der Waals surface area contributed by atoms with Crippen LogP contribution in [0.1, 0.15) is 19.8 Å². The third-order valence-electron chi connectivity index (χ3n) is 4.31. The number of piperidine rings is 1. The van der Waals surface area contributed by atoms with Crippen LogP contribution >= 0.6 is 0 Å². The molecule has 4 atom stereocenters. The minimum Gasteiger partial charge on any atom is -0.466 e. The Bertz CT molecular complexity index is 390. The highest BCUT2D eigenvalue weighted by Crippen LogP contribution is 2.51. The summed E-state index contributed by atoms with van der Waals surface area (Å²) in [6.07, 6.45) is 5.58. The monoisotopic (exact) mass is 235 g/mol. The second-order valence-electron chi connectivity index (χ2n) is 5.04. The Morgan fingerprint density at radius 2 is 2.41 bits per heavy atom. The second kappa shape index (κ2) is 3.86. The number of hydrogen-bond donors (Lipinski definition) is 0. The highest BCUT2D eigenvalue weighted by molar-refractivity contribution is 5.90. The van der Waals surface area contributed by atoms with E-state index in [9.17, 15) is 9.59 Å². The van der Waals surface area contributed by atoms with Crippen LogP contribution in [-0.4, -0.2) is 36.0 Å². The van der Waals surface area contributed by atoms with Crippen molar-refractivity contribution in [2.45, 2.75) is 25.8 Å². The molecule has 0 spiro atoms. The fraction of sp³-hybridized carbons (Fsp3) is 0.692. The molecule has 2 fully saturated rings. The van der Waals surface area contributed by atoms with Gasteiger partial charge in [0.25, 0.3) is 0 Å². The van der Waals surface area contributed by atoms with Gasteiger partial charge in [0.2, 0.25) is 5.91 Å². The smallest absolute Gasteiger partial charge is 0.309 e. The number of esters is 1. The highest BCUT2D eigenvalue weighted by Gasteiger charge is 2.58. The van der Waals surface area contributed by atoms with E-state index >= 15 is 0 Å². The lowest BCUT2D eigenvalue weighted by molar-refractivity contribution is -0.173. The van der Waals surface area contributed by atoms with Crippen molar-refractivity contribution >= 4 is 11.9 Å². The summed E-state index contributed by atoms with van der Waals surface area (Å²) in [4.78, 5) is 25.6. The zero-order valence-corrected chi connectivity index (χ0v) is 9.96. The summed E-state index contributed by atoms with van der Waals surface area (Å²) in [6.45, 7) is 3.11. The average Bonchev–Trinajstić information content (AvgIpc) is 2.29. The molecule has 0 N–H and O–H groups in total. The summed E-state index contributed by atoms with van der Waals surface area (Å²) < 4.78 is 5.14. The Labute approximate surface area is 101 Å². The first kappa shape index (κ1) is 10.8. The first-order chi connectivity index (χ1) is 8.24. The maximum absolute atomic E-state index is 11.9. The Balaban J connectivity index is 1.84. The molecule has 92 valence electrons. The van der Waals surface area contributed by atoms with Crippen molar-refractivity contribution in [3.63, 3.8) is 0 Å². The van der Waals surface area contributed by atoms with Gasteiger partial charge in [-0.1, -0.05) is 6.08 Å². The second-order valence-corrected chi connectivity index (χ2v) is 5.04. The number of ether oxygens (including phenoxy) is 1. The molecule has 4 nitrogen and oxygen atoms in total. The predicted molar refractivity (Wildman–Crippen MR) is 61.0 cm³/mol. The standard InChI is InChI=1S/C13H17NO3/c1-2-17-13(16)11-8-4-3-7-14-10(15)6-5-9(11)12(8)14/h5-6,8-9,11-12H,2-4,7H2,1H3/t8-,9+,11+,12?/m0/s1. The van der Waals surface area contributed by atoms with Crippen LogP contribution in [0.3, 0.4) is 0 Å². The lowest BCUT2D eigenvalue weighted by Gasteiger charge is -2.58. The molecular formula is C13H17NO3. The number of nitrogens with zero attached hydrogens (tertiary/aromatic N) is 1. The van der Waals surface area contributed by atoms with E-state index in [2.05, 4.69) is 0 Å². The fourth-order valence-electron chi connectivity index (χ4n) is 3.64. The van der Waals surface area contributed by atoms with Gasteiger partial charge in [0.1, 0.15) is 0 Å². The molecule has 1 amide bonds. The molecule has 1 saturated carbocycles. The van der Waals surface area contributed by atoms with Gasteiger partial charge in [0.05, 0.1) is 12.5 Å². The van der Waals surface area contributed by atoms with Gasteiger partial charge in [0.15, 0.2) is 0 Å². The van der Waals surface area contributed by atoms with Crippen LogP contribution in [0.25, 0.3) is 0 Å². The molecule has 2 aliphatic heterocycles. The van der Waals surface area contributed by atoms with E-state index in [-0.39, 0.29) is 29.8 Å². The van der Waals surface area contributed by atoms with Gasteiger partial charge in [-0.3, -0.25) is 9.59 Å². The van der Waals surface area contributed by atoms with Gasteiger partial charge in [-0.15, -0.1) is 0 Å². The Kier molecular flexibility index (Phi) is 2.45. The number of rotatable bonds is 2. The average molecular weight is 235 g/mol. The van der Waals surface area contributed by atoms with Crippen LogP contribution in [-0.2, 0) is 14.3 Å². The number of carbonyl (C=O) groups excluding carboxylic acids is 2. The summed E-state index contributed by atoms with van der Waals surface area (Å²) in [7, 11) is 0. The third-order valence-corrected chi connectivity index (χ3v) is 4.31. The first-order valence-corrected chi connectivity index (χ1v) is 6.39. The topological polar surface area (TPSA) is 46.6 Å². The molecule has 1 aliphatic carbocycles. The molecule has 17 heavy (non-hydrogen) atoms. The van der Waals surface area contributed by atoms with Crippen LogP contribution in [0.5, 0.6) is 0 Å². The molecule has 0 radical (unpaired) electrons. The van der Waals surface area contributed by atoms with E-state index in [0.29, 0.717) is 12.5 Å². The summed E-state index contributed by atoms with van der Waals surface area (Å²) in [5.74, 6) is 0.517. The van der Waals surface area contributed by atoms with E-state index < -0.39 is 0 Å². The van der Waals surface area contributed by atoms with Gasteiger partial charge in [0, 0.05) is 18.5 Å². The van der Waals surface area contributed by atoms with Gasteiger partial charge in [-0.25, -0.2) is 0 Å². The van der Waals surface area contributed by atoms with Crippen LogP contribution in [0.15, 0.2) is 12.2 Å². The minimum atomic E-state index is -0.0837. The van der Waals surface area contributed by atoms with Crippen molar-refractivity contribution in [1.29, 1.82) is 0 Å². The quantitative estimate of drug-likeness (QED) is 0.670. The van der Waals surface area contributed by atoms with Crippen molar-refractivity contribution in [3.8, 4) is 0 Å². The van der Waals surface area contributed by atoms with Gasteiger partial charge < -0.3 is 9.64 Å². The molecule has 1 saturated heterocycles. The maximum Gasteiger partial charge on any atom is 0.309 e. The van der Waals surface area contributed by atoms with E-state index in [1.165, 1.54) is 0 Å². The lowest BCUT2D eigenvalue weighted by atomic mass is 9.56. The molecule has 0 aromatic carbocycles. The van der Waals surface area contributed by atoms with E-state index in [4.69, 9.17) is 4.74 Å². The fourth-order valence-corrected chi connectivity index (χ4v) is 3.64. The molecule has 0 bridgehead atoms. The highest BCUT2D eigenvalue weighted by atomic mass is 16.5.